The Morgan fingerprint density at radius 3 is 1.80 bits per heavy atom. The fourth-order valence-electron chi connectivity index (χ4n) is 4.51. The first-order valence-corrected chi connectivity index (χ1v) is 11.1. The molecule has 0 saturated heterocycles. The van der Waals surface area contributed by atoms with Crippen LogP contribution in [0, 0.1) is 0 Å². The van der Waals surface area contributed by atoms with Gasteiger partial charge in [0, 0.05) is 28.3 Å². The van der Waals surface area contributed by atoms with Crippen molar-refractivity contribution < 1.29 is 33.4 Å². The van der Waals surface area contributed by atoms with Crippen LogP contribution < -0.4 is 0 Å². The molecule has 0 spiro atoms. The van der Waals surface area contributed by atoms with E-state index in [-0.39, 0.29) is 39.4 Å². The molecule has 5 rings (SSSR count). The summed E-state index contributed by atoms with van der Waals surface area (Å²) in [4.78, 5) is 66.2. The maximum absolute atomic E-state index is 13.7. The molecular weight excluding hydrogens is 450 g/mol. The van der Waals surface area contributed by atoms with Crippen LogP contribution in [0.1, 0.15) is 67.8 Å². The Hall–Kier alpha value is -4.33. The zero-order valence-electron chi connectivity index (χ0n) is 19.3. The van der Waals surface area contributed by atoms with Crippen molar-refractivity contribution in [1.82, 2.24) is 4.90 Å². The number of carbonyl (C=O) groups is 5. The van der Waals surface area contributed by atoms with Gasteiger partial charge in [-0.15, -0.1) is 0 Å². The maximum atomic E-state index is 13.7. The van der Waals surface area contributed by atoms with Gasteiger partial charge in [0.15, 0.2) is 0 Å². The van der Waals surface area contributed by atoms with Crippen molar-refractivity contribution in [1.29, 1.82) is 0 Å². The molecule has 0 fully saturated rings. The Bertz CT molecular complexity index is 1380. The largest absolute Gasteiger partial charge is 0.458 e. The Morgan fingerprint density at radius 2 is 1.29 bits per heavy atom. The molecular formula is C27H21NO7. The van der Waals surface area contributed by atoms with Crippen LogP contribution in [0.15, 0.2) is 54.6 Å². The summed E-state index contributed by atoms with van der Waals surface area (Å²) < 4.78 is 10.4. The lowest BCUT2D eigenvalue weighted by Gasteiger charge is -2.34. The summed E-state index contributed by atoms with van der Waals surface area (Å²) >= 11 is 0. The Balaban J connectivity index is 1.66. The number of imide groups is 1. The van der Waals surface area contributed by atoms with Gasteiger partial charge in [-0.25, -0.2) is 14.4 Å². The van der Waals surface area contributed by atoms with Gasteiger partial charge in [0.2, 0.25) is 0 Å². The van der Waals surface area contributed by atoms with Crippen molar-refractivity contribution >= 4 is 40.5 Å². The van der Waals surface area contributed by atoms with Crippen molar-refractivity contribution in [2.24, 2.45) is 0 Å². The molecule has 2 aliphatic heterocycles. The molecule has 35 heavy (non-hydrogen) atoms. The lowest BCUT2D eigenvalue weighted by molar-refractivity contribution is -0.159. The van der Waals surface area contributed by atoms with Gasteiger partial charge in [0.25, 0.3) is 11.8 Å². The summed E-state index contributed by atoms with van der Waals surface area (Å²) in [6.07, 6.45) is 0.0622. The summed E-state index contributed by atoms with van der Waals surface area (Å²) in [6, 6.07) is 13.4. The highest BCUT2D eigenvalue weighted by molar-refractivity contribution is 6.32. The predicted octanol–water partition coefficient (Wildman–Crippen LogP) is 3.70. The van der Waals surface area contributed by atoms with Crippen LogP contribution in [0.3, 0.4) is 0 Å². The summed E-state index contributed by atoms with van der Waals surface area (Å²) in [5.74, 6) is -3.81. The van der Waals surface area contributed by atoms with Gasteiger partial charge in [-0.1, -0.05) is 30.3 Å². The van der Waals surface area contributed by atoms with Crippen molar-refractivity contribution in [2.45, 2.75) is 38.8 Å². The van der Waals surface area contributed by atoms with E-state index in [9.17, 15) is 24.0 Å². The van der Waals surface area contributed by atoms with Gasteiger partial charge < -0.3 is 9.47 Å². The zero-order chi connectivity index (χ0) is 25.1. The molecule has 2 aliphatic rings. The molecule has 0 N–H and O–H groups in total. The van der Waals surface area contributed by atoms with E-state index >= 15 is 0 Å². The molecule has 0 saturated carbocycles. The van der Waals surface area contributed by atoms with Crippen LogP contribution in [-0.4, -0.2) is 46.3 Å². The highest BCUT2D eigenvalue weighted by atomic mass is 16.6. The Morgan fingerprint density at radius 1 is 0.800 bits per heavy atom. The predicted molar refractivity (Wildman–Crippen MR) is 124 cm³/mol. The second-order valence-corrected chi connectivity index (χ2v) is 9.47. The molecule has 0 unspecified atom stereocenters. The van der Waals surface area contributed by atoms with Gasteiger partial charge >= 0.3 is 17.9 Å². The summed E-state index contributed by atoms with van der Waals surface area (Å²) in [6.45, 7) is 5.12. The van der Waals surface area contributed by atoms with Crippen LogP contribution in [0.25, 0.3) is 10.8 Å². The normalized spacial score (nSPS) is 15.8. The second-order valence-electron chi connectivity index (χ2n) is 9.47. The van der Waals surface area contributed by atoms with Crippen LogP contribution in [0.2, 0.25) is 0 Å². The minimum absolute atomic E-state index is 0.0622. The number of esters is 3. The van der Waals surface area contributed by atoms with E-state index in [1.807, 2.05) is 6.07 Å². The van der Waals surface area contributed by atoms with Crippen molar-refractivity contribution in [3.05, 3.63) is 82.4 Å². The molecule has 3 aromatic rings. The van der Waals surface area contributed by atoms with E-state index in [4.69, 9.17) is 9.47 Å². The molecule has 0 bridgehead atoms. The van der Waals surface area contributed by atoms with E-state index in [0.29, 0.717) is 0 Å². The molecule has 2 heterocycles. The van der Waals surface area contributed by atoms with E-state index in [1.165, 1.54) is 24.3 Å². The molecule has 8 nitrogen and oxygen atoms in total. The maximum Gasteiger partial charge on any atom is 0.346 e. The van der Waals surface area contributed by atoms with E-state index in [0.717, 1.165) is 10.5 Å². The molecule has 8 heteroatoms. The van der Waals surface area contributed by atoms with Crippen molar-refractivity contribution in [3.63, 3.8) is 0 Å². The average Bonchev–Trinajstić information content (AvgIpc) is 2.80. The summed E-state index contributed by atoms with van der Waals surface area (Å²) in [5, 5.41) is 0.415. The SMILES string of the molecule is CC(C)(C)OC(=O)[C@H](Cc1ccccc1)N1C(=O)c2ccc3c4c(ccc(c24)C1=O)C(=O)OC3=O. The van der Waals surface area contributed by atoms with Crippen LogP contribution in [0.5, 0.6) is 0 Å². The van der Waals surface area contributed by atoms with Crippen LogP contribution in [-0.2, 0) is 20.7 Å². The zero-order valence-corrected chi connectivity index (χ0v) is 19.3. The van der Waals surface area contributed by atoms with E-state index in [1.54, 1.807) is 45.0 Å². The van der Waals surface area contributed by atoms with Gasteiger partial charge in [0.1, 0.15) is 11.6 Å². The fraction of sp³-hybridized carbons (Fsp3) is 0.222. The standard InChI is InChI=1S/C27H21NO7/c1-27(2,3)35-26(33)19(13-14-7-5-4-6-8-14)28-22(29)15-9-11-17-21-18(25(32)34-24(17)31)12-10-16(20(15)21)23(28)30/h4-12,19H,13H2,1-3H3/t19-/m0/s1. The minimum Gasteiger partial charge on any atom is -0.458 e. The van der Waals surface area contributed by atoms with Gasteiger partial charge in [-0.2, -0.15) is 0 Å². The quantitative estimate of drug-likeness (QED) is 0.324. The smallest absolute Gasteiger partial charge is 0.346 e. The van der Waals surface area contributed by atoms with Crippen molar-refractivity contribution in [3.8, 4) is 0 Å². The first-order valence-electron chi connectivity index (χ1n) is 11.1. The monoisotopic (exact) mass is 471 g/mol. The number of nitrogens with zero attached hydrogens (tertiary/aromatic N) is 1. The highest BCUT2D eigenvalue weighted by Gasteiger charge is 2.44. The third-order valence-electron chi connectivity index (χ3n) is 5.95. The molecule has 0 radical (unpaired) electrons. The first kappa shape index (κ1) is 22.5. The molecule has 2 amide bonds. The van der Waals surface area contributed by atoms with E-state index in [2.05, 4.69) is 0 Å². The Labute approximate surface area is 200 Å². The number of rotatable bonds is 4. The fourth-order valence-corrected chi connectivity index (χ4v) is 4.51. The summed E-state index contributed by atoms with van der Waals surface area (Å²) in [5.41, 5.74) is 0.333. The number of carbonyl (C=O) groups excluding carboxylic acids is 5. The molecule has 176 valence electrons. The van der Waals surface area contributed by atoms with Gasteiger partial charge in [0.05, 0.1) is 11.1 Å². The molecule has 1 atom stereocenters. The molecule has 3 aromatic carbocycles. The number of ether oxygens (including phenoxy) is 2. The number of hydrogen-bond donors (Lipinski definition) is 0. The number of amides is 2. The Kier molecular flexibility index (Phi) is 5.05. The van der Waals surface area contributed by atoms with E-state index < -0.39 is 41.4 Å². The van der Waals surface area contributed by atoms with Crippen LogP contribution in [0.4, 0.5) is 0 Å². The summed E-state index contributed by atoms with van der Waals surface area (Å²) in [7, 11) is 0. The molecule has 0 aromatic heterocycles. The van der Waals surface area contributed by atoms with Gasteiger partial charge in [-0.3, -0.25) is 14.5 Å². The third kappa shape index (κ3) is 3.67. The third-order valence-corrected chi connectivity index (χ3v) is 5.95. The van der Waals surface area contributed by atoms with Gasteiger partial charge in [-0.05, 0) is 50.6 Å². The van der Waals surface area contributed by atoms with Crippen molar-refractivity contribution in [2.75, 3.05) is 0 Å². The highest BCUT2D eigenvalue weighted by Crippen LogP contribution is 2.38. The average molecular weight is 471 g/mol. The lowest BCUT2D eigenvalue weighted by atomic mass is 9.86. The first-order chi connectivity index (χ1) is 16.6. The van der Waals surface area contributed by atoms with Crippen LogP contribution >= 0.6 is 0 Å². The molecule has 0 aliphatic carbocycles. The number of cyclic esters (lactones) is 2. The number of hydrogen-bond acceptors (Lipinski definition) is 7. The minimum atomic E-state index is -1.22. The second kappa shape index (κ2) is 7.87. The lowest BCUT2D eigenvalue weighted by Crippen LogP contribution is -2.53. The number of benzene rings is 3. The topological polar surface area (TPSA) is 107 Å².